The fourth-order valence-electron chi connectivity index (χ4n) is 6.10. The van der Waals surface area contributed by atoms with Gasteiger partial charge in [0, 0.05) is 0 Å². The molecule has 0 amide bonds. The van der Waals surface area contributed by atoms with E-state index in [4.69, 9.17) is 4.74 Å². The fraction of sp³-hybridized carbons (Fsp3) is 0.652. The lowest BCUT2D eigenvalue weighted by atomic mass is 9.54. The van der Waals surface area contributed by atoms with Gasteiger partial charge in [-0.3, -0.25) is 0 Å². The molecule has 0 saturated heterocycles. The standard InChI is InChI=1S/C23H32O/c1-4-5-6-17-8-12-22-21-10-7-16-15-18(24-3)9-11-19(16)20(21)13-14-23(17,22)2/h8-9,11,15,20-22H,4-7,10,12-14H2,1-3H3/t20-,21-,22+,23-/m1/s1. The summed E-state index contributed by atoms with van der Waals surface area (Å²) in [5, 5.41) is 0. The number of methoxy groups -OCH3 is 1. The van der Waals surface area contributed by atoms with Crippen molar-refractivity contribution in [3.63, 3.8) is 0 Å². The Kier molecular flexibility index (Phi) is 4.22. The van der Waals surface area contributed by atoms with Gasteiger partial charge in [0.15, 0.2) is 0 Å². The summed E-state index contributed by atoms with van der Waals surface area (Å²) in [4.78, 5) is 0. The molecule has 1 aromatic rings. The second-order valence-corrected chi connectivity index (χ2v) is 8.51. The van der Waals surface area contributed by atoms with Crippen LogP contribution in [-0.2, 0) is 6.42 Å². The van der Waals surface area contributed by atoms with Gasteiger partial charge in [0.25, 0.3) is 0 Å². The lowest BCUT2D eigenvalue weighted by Gasteiger charge is -2.50. The summed E-state index contributed by atoms with van der Waals surface area (Å²) in [6.07, 6.45) is 13.4. The molecule has 4 rings (SSSR count). The Morgan fingerprint density at radius 3 is 2.92 bits per heavy atom. The average Bonchev–Trinajstić information content (AvgIpc) is 2.95. The first-order valence-electron chi connectivity index (χ1n) is 10.0. The van der Waals surface area contributed by atoms with Gasteiger partial charge in [-0.05, 0) is 91.4 Å². The van der Waals surface area contributed by atoms with E-state index in [1.54, 1.807) is 23.8 Å². The Labute approximate surface area is 147 Å². The third kappa shape index (κ3) is 2.43. The van der Waals surface area contributed by atoms with Crippen molar-refractivity contribution in [2.75, 3.05) is 7.11 Å². The van der Waals surface area contributed by atoms with E-state index in [2.05, 4.69) is 38.1 Å². The molecule has 3 aliphatic carbocycles. The number of hydrogen-bond acceptors (Lipinski definition) is 1. The number of fused-ring (bicyclic) bond motifs is 5. The van der Waals surface area contributed by atoms with Gasteiger partial charge in [0.1, 0.15) is 5.75 Å². The number of unbranched alkanes of at least 4 members (excludes halogenated alkanes) is 1. The summed E-state index contributed by atoms with van der Waals surface area (Å²) in [6.45, 7) is 4.91. The monoisotopic (exact) mass is 324 g/mol. The van der Waals surface area contributed by atoms with Crippen LogP contribution in [0.3, 0.4) is 0 Å². The van der Waals surface area contributed by atoms with Crippen LogP contribution in [0.25, 0.3) is 0 Å². The number of benzene rings is 1. The molecule has 0 bridgehead atoms. The Morgan fingerprint density at radius 1 is 1.25 bits per heavy atom. The van der Waals surface area contributed by atoms with E-state index < -0.39 is 0 Å². The molecular formula is C23H32O. The van der Waals surface area contributed by atoms with Gasteiger partial charge >= 0.3 is 0 Å². The Bertz CT molecular complexity index is 643. The molecule has 130 valence electrons. The van der Waals surface area contributed by atoms with Crippen LogP contribution >= 0.6 is 0 Å². The van der Waals surface area contributed by atoms with E-state index >= 15 is 0 Å². The molecule has 1 nitrogen and oxygen atoms in total. The fourth-order valence-corrected chi connectivity index (χ4v) is 6.10. The van der Waals surface area contributed by atoms with Crippen LogP contribution in [-0.4, -0.2) is 7.11 Å². The van der Waals surface area contributed by atoms with Gasteiger partial charge in [-0.15, -0.1) is 0 Å². The van der Waals surface area contributed by atoms with Crippen LogP contribution in [0.15, 0.2) is 29.8 Å². The second kappa shape index (κ2) is 6.24. The van der Waals surface area contributed by atoms with Crippen LogP contribution < -0.4 is 4.74 Å². The first-order valence-corrected chi connectivity index (χ1v) is 10.0. The van der Waals surface area contributed by atoms with Gasteiger partial charge in [-0.25, -0.2) is 0 Å². The number of hydrogen-bond donors (Lipinski definition) is 0. The maximum absolute atomic E-state index is 5.44. The van der Waals surface area contributed by atoms with Crippen molar-refractivity contribution in [3.05, 3.63) is 41.0 Å². The highest BCUT2D eigenvalue weighted by Gasteiger charge is 2.51. The average molecular weight is 325 g/mol. The predicted octanol–water partition coefficient (Wildman–Crippen LogP) is 6.28. The third-order valence-corrected chi connectivity index (χ3v) is 7.47. The van der Waals surface area contributed by atoms with Gasteiger partial charge < -0.3 is 4.74 Å². The molecule has 0 radical (unpaired) electrons. The molecule has 4 atom stereocenters. The van der Waals surface area contributed by atoms with Crippen LogP contribution in [0.4, 0.5) is 0 Å². The molecule has 3 aliphatic rings. The minimum absolute atomic E-state index is 0.500. The molecule has 0 spiro atoms. The van der Waals surface area contributed by atoms with Crippen molar-refractivity contribution in [1.82, 2.24) is 0 Å². The molecule has 0 aromatic heterocycles. The molecule has 0 heterocycles. The molecule has 24 heavy (non-hydrogen) atoms. The Hall–Kier alpha value is -1.24. The summed E-state index contributed by atoms with van der Waals surface area (Å²) in [5.74, 6) is 3.59. The van der Waals surface area contributed by atoms with E-state index in [1.807, 2.05) is 0 Å². The SMILES string of the molecule is CCCCC1=CC[C@H]2[C@@H]3CCc4cc(OC)ccc4[C@H]3CC[C@]12C. The molecule has 1 saturated carbocycles. The highest BCUT2D eigenvalue weighted by Crippen LogP contribution is 2.61. The largest absolute Gasteiger partial charge is 0.497 e. The zero-order valence-corrected chi connectivity index (χ0v) is 15.6. The van der Waals surface area contributed by atoms with Crippen molar-refractivity contribution in [2.45, 2.75) is 71.1 Å². The lowest BCUT2D eigenvalue weighted by Crippen LogP contribution is -2.41. The second-order valence-electron chi connectivity index (χ2n) is 8.51. The van der Waals surface area contributed by atoms with Gasteiger partial charge in [-0.2, -0.15) is 0 Å². The van der Waals surface area contributed by atoms with Crippen LogP contribution in [0.5, 0.6) is 5.75 Å². The topological polar surface area (TPSA) is 9.23 Å². The van der Waals surface area contributed by atoms with Crippen molar-refractivity contribution in [2.24, 2.45) is 17.3 Å². The minimum atomic E-state index is 0.500. The molecule has 1 fully saturated rings. The van der Waals surface area contributed by atoms with Crippen molar-refractivity contribution < 1.29 is 4.74 Å². The molecular weight excluding hydrogens is 292 g/mol. The van der Waals surface area contributed by atoms with E-state index in [0.717, 1.165) is 23.5 Å². The predicted molar refractivity (Wildman–Crippen MR) is 101 cm³/mol. The summed E-state index contributed by atoms with van der Waals surface area (Å²) < 4.78 is 5.44. The van der Waals surface area contributed by atoms with E-state index in [9.17, 15) is 0 Å². The van der Waals surface area contributed by atoms with Gasteiger partial charge in [-0.1, -0.05) is 38.0 Å². The minimum Gasteiger partial charge on any atom is -0.497 e. The number of rotatable bonds is 4. The summed E-state index contributed by atoms with van der Waals surface area (Å²) in [5.41, 5.74) is 5.49. The Morgan fingerprint density at radius 2 is 2.12 bits per heavy atom. The smallest absolute Gasteiger partial charge is 0.119 e. The van der Waals surface area contributed by atoms with Gasteiger partial charge in [0.05, 0.1) is 7.11 Å². The highest BCUT2D eigenvalue weighted by molar-refractivity contribution is 5.41. The lowest BCUT2D eigenvalue weighted by molar-refractivity contribution is 0.0729. The molecule has 1 aromatic carbocycles. The molecule has 0 aliphatic heterocycles. The summed E-state index contributed by atoms with van der Waals surface area (Å²) in [7, 11) is 1.78. The zero-order valence-electron chi connectivity index (χ0n) is 15.6. The number of allylic oxidation sites excluding steroid dienone is 2. The van der Waals surface area contributed by atoms with Crippen molar-refractivity contribution >= 4 is 0 Å². The van der Waals surface area contributed by atoms with E-state index in [0.29, 0.717) is 5.41 Å². The van der Waals surface area contributed by atoms with E-state index in [1.165, 1.54) is 51.4 Å². The van der Waals surface area contributed by atoms with Crippen LogP contribution in [0, 0.1) is 17.3 Å². The molecule has 0 N–H and O–H groups in total. The maximum atomic E-state index is 5.44. The summed E-state index contributed by atoms with van der Waals surface area (Å²) in [6, 6.07) is 6.83. The van der Waals surface area contributed by atoms with Crippen LogP contribution in [0.2, 0.25) is 0 Å². The van der Waals surface area contributed by atoms with E-state index in [-0.39, 0.29) is 0 Å². The quantitative estimate of drug-likeness (QED) is 0.592. The summed E-state index contributed by atoms with van der Waals surface area (Å²) >= 11 is 0. The van der Waals surface area contributed by atoms with Crippen molar-refractivity contribution in [3.8, 4) is 5.75 Å². The first-order chi connectivity index (χ1) is 11.7. The number of ether oxygens (including phenoxy) is 1. The normalized spacial score (nSPS) is 34.1. The highest BCUT2D eigenvalue weighted by atomic mass is 16.5. The first kappa shape index (κ1) is 16.2. The van der Waals surface area contributed by atoms with Crippen molar-refractivity contribution in [1.29, 1.82) is 0 Å². The zero-order chi connectivity index (χ0) is 16.7. The molecule has 1 heteroatoms. The van der Waals surface area contributed by atoms with Gasteiger partial charge in [0.2, 0.25) is 0 Å². The van der Waals surface area contributed by atoms with Crippen LogP contribution in [0.1, 0.15) is 75.8 Å². The third-order valence-electron chi connectivity index (χ3n) is 7.47. The molecule has 0 unspecified atom stereocenters. The Balaban J connectivity index is 1.59. The maximum Gasteiger partial charge on any atom is 0.119 e. The number of aryl methyl sites for hydroxylation is 1.